The molecule has 0 atom stereocenters. The second-order valence-corrected chi connectivity index (χ2v) is 11.2. The molecule has 2 N–H and O–H groups in total. The van der Waals surface area contributed by atoms with Crippen molar-refractivity contribution in [3.63, 3.8) is 0 Å². The average Bonchev–Trinajstić information content (AvgIpc) is 2.65. The zero-order valence-electron chi connectivity index (χ0n) is 19.0. The highest BCUT2D eigenvalue weighted by Gasteiger charge is 2.13. The maximum Gasteiger partial charge on any atom is 0.266 e. The first-order valence-corrected chi connectivity index (χ1v) is 14.6. The lowest BCUT2D eigenvalue weighted by atomic mass is 10.2. The summed E-state index contributed by atoms with van der Waals surface area (Å²) in [5.41, 5.74) is 0. The molecule has 0 radical (unpaired) electrons. The van der Waals surface area contributed by atoms with Crippen LogP contribution in [-0.4, -0.2) is 86.5 Å². The molecular formula is C20H44N2O6S2. The summed E-state index contributed by atoms with van der Waals surface area (Å²) < 4.78 is 62.4. The van der Waals surface area contributed by atoms with Crippen molar-refractivity contribution in [1.29, 1.82) is 0 Å². The van der Waals surface area contributed by atoms with Gasteiger partial charge in [0.25, 0.3) is 20.2 Å². The molecule has 0 unspecified atom stereocenters. The van der Waals surface area contributed by atoms with Gasteiger partial charge >= 0.3 is 0 Å². The van der Waals surface area contributed by atoms with Crippen molar-refractivity contribution in [1.82, 2.24) is 9.80 Å². The Balaban J connectivity index is 4.44. The van der Waals surface area contributed by atoms with Gasteiger partial charge in [-0.3, -0.25) is 9.11 Å². The number of unbranched alkanes of at least 4 members (excludes halogenated alkanes) is 7. The lowest BCUT2D eigenvalue weighted by Gasteiger charge is -2.24. The van der Waals surface area contributed by atoms with Crippen LogP contribution < -0.4 is 0 Å². The lowest BCUT2D eigenvalue weighted by molar-refractivity contribution is 0.246. The first kappa shape index (κ1) is 29.7. The molecule has 0 aromatic carbocycles. The minimum Gasteiger partial charge on any atom is -0.302 e. The number of hydrogen-bond acceptors (Lipinski definition) is 6. The highest BCUT2D eigenvalue weighted by Crippen LogP contribution is 2.07. The molecule has 0 spiro atoms. The fourth-order valence-electron chi connectivity index (χ4n) is 3.35. The van der Waals surface area contributed by atoms with Gasteiger partial charge in [-0.25, -0.2) is 0 Å². The summed E-state index contributed by atoms with van der Waals surface area (Å²) in [6.07, 6.45) is 10.6. The predicted octanol–water partition coefficient (Wildman–Crippen LogP) is 3.31. The molecule has 0 amide bonds. The molecule has 0 rings (SSSR count). The Labute approximate surface area is 184 Å². The highest BCUT2D eigenvalue weighted by molar-refractivity contribution is 7.86. The Morgan fingerprint density at radius 2 is 0.800 bits per heavy atom. The van der Waals surface area contributed by atoms with E-state index in [4.69, 9.17) is 9.11 Å². The molecule has 10 heteroatoms. The van der Waals surface area contributed by atoms with Crippen molar-refractivity contribution in [2.24, 2.45) is 0 Å². The van der Waals surface area contributed by atoms with Crippen LogP contribution in [0.15, 0.2) is 0 Å². The van der Waals surface area contributed by atoms with E-state index in [1.807, 2.05) is 0 Å². The van der Waals surface area contributed by atoms with Crippen molar-refractivity contribution >= 4 is 20.2 Å². The van der Waals surface area contributed by atoms with Gasteiger partial charge in [0.2, 0.25) is 0 Å². The Bertz CT molecular complexity index is 557. The highest BCUT2D eigenvalue weighted by atomic mass is 32.2. The van der Waals surface area contributed by atoms with Crippen LogP contribution in [0.25, 0.3) is 0 Å². The summed E-state index contributed by atoms with van der Waals surface area (Å²) in [6, 6.07) is 0. The van der Waals surface area contributed by atoms with Crippen LogP contribution in [0.2, 0.25) is 0 Å². The van der Waals surface area contributed by atoms with Crippen LogP contribution in [0.1, 0.15) is 78.1 Å². The Hall–Kier alpha value is -0.260. The summed E-state index contributed by atoms with van der Waals surface area (Å²) >= 11 is 0. The molecule has 0 heterocycles. The normalized spacial score (nSPS) is 12.9. The van der Waals surface area contributed by atoms with Crippen molar-refractivity contribution < 1.29 is 25.9 Å². The summed E-state index contributed by atoms with van der Waals surface area (Å²) in [4.78, 5) is 4.18. The van der Waals surface area contributed by atoms with Crippen molar-refractivity contribution in [3.8, 4) is 0 Å². The smallest absolute Gasteiger partial charge is 0.266 e. The summed E-state index contributed by atoms with van der Waals surface area (Å²) in [5, 5.41) is 0. The van der Waals surface area contributed by atoms with E-state index in [-0.39, 0.29) is 11.5 Å². The Morgan fingerprint density at radius 3 is 1.07 bits per heavy atom. The van der Waals surface area contributed by atoms with E-state index in [9.17, 15) is 16.8 Å². The molecule has 0 saturated carbocycles. The summed E-state index contributed by atoms with van der Waals surface area (Å²) in [7, 11) is -7.93. The molecule has 182 valence electrons. The largest absolute Gasteiger partial charge is 0.302 e. The third kappa shape index (κ3) is 21.0. The molecule has 0 aromatic heterocycles. The van der Waals surface area contributed by atoms with Gasteiger partial charge in [-0.2, -0.15) is 16.8 Å². The molecule has 0 aliphatic carbocycles. The van der Waals surface area contributed by atoms with Gasteiger partial charge in [-0.1, -0.05) is 52.4 Å². The SMILES string of the molecule is CCCCCCN(CCCCN(CCCCCC)CCS(=O)(=O)O)CCS(=O)(=O)O. The predicted molar refractivity (Wildman–Crippen MR) is 123 cm³/mol. The van der Waals surface area contributed by atoms with E-state index in [1.54, 1.807) is 0 Å². The van der Waals surface area contributed by atoms with E-state index in [1.165, 1.54) is 0 Å². The van der Waals surface area contributed by atoms with Crippen LogP contribution in [0.5, 0.6) is 0 Å². The maximum atomic E-state index is 11.1. The first-order valence-electron chi connectivity index (χ1n) is 11.4. The van der Waals surface area contributed by atoms with Crippen LogP contribution in [-0.2, 0) is 20.2 Å². The fourth-order valence-corrected chi connectivity index (χ4v) is 4.33. The quantitative estimate of drug-likeness (QED) is 0.193. The molecule has 0 fully saturated rings. The molecule has 0 saturated heterocycles. The number of nitrogens with zero attached hydrogens (tertiary/aromatic N) is 2. The van der Waals surface area contributed by atoms with Gasteiger partial charge in [0.1, 0.15) is 0 Å². The zero-order chi connectivity index (χ0) is 22.9. The minimum atomic E-state index is -3.97. The topological polar surface area (TPSA) is 115 Å². The lowest BCUT2D eigenvalue weighted by Crippen LogP contribution is -2.33. The second kappa shape index (κ2) is 17.3. The average molecular weight is 473 g/mol. The molecule has 8 nitrogen and oxygen atoms in total. The third-order valence-electron chi connectivity index (χ3n) is 5.19. The van der Waals surface area contributed by atoms with E-state index in [2.05, 4.69) is 23.6 Å². The third-order valence-corrected chi connectivity index (χ3v) is 6.58. The maximum absolute atomic E-state index is 11.1. The Morgan fingerprint density at radius 1 is 0.500 bits per heavy atom. The zero-order valence-corrected chi connectivity index (χ0v) is 20.6. The van der Waals surface area contributed by atoms with E-state index in [0.717, 1.165) is 90.4 Å². The van der Waals surface area contributed by atoms with Gasteiger partial charge in [-0.05, 0) is 51.9 Å². The van der Waals surface area contributed by atoms with Crippen molar-refractivity contribution in [3.05, 3.63) is 0 Å². The van der Waals surface area contributed by atoms with Gasteiger partial charge in [0.15, 0.2) is 0 Å². The summed E-state index contributed by atoms with van der Waals surface area (Å²) in [6.45, 7) is 8.09. The van der Waals surface area contributed by atoms with Crippen LogP contribution in [0, 0.1) is 0 Å². The minimum absolute atomic E-state index is 0.251. The molecule has 0 bridgehead atoms. The fraction of sp³-hybridized carbons (Fsp3) is 1.00. The summed E-state index contributed by atoms with van der Waals surface area (Å²) in [5.74, 6) is -0.503. The van der Waals surface area contributed by atoms with E-state index < -0.39 is 20.2 Å². The van der Waals surface area contributed by atoms with Gasteiger partial charge < -0.3 is 9.80 Å². The van der Waals surface area contributed by atoms with Gasteiger partial charge in [0.05, 0.1) is 11.5 Å². The number of rotatable bonds is 21. The molecule has 0 aliphatic heterocycles. The monoisotopic (exact) mass is 472 g/mol. The van der Waals surface area contributed by atoms with Crippen molar-refractivity contribution in [2.45, 2.75) is 78.1 Å². The van der Waals surface area contributed by atoms with Crippen LogP contribution >= 0.6 is 0 Å². The standard InChI is InChI=1S/C20H44N2O6S2/c1-3-5-7-9-13-21(17-19-29(23,24)25)15-11-12-16-22(14-10-8-6-4-2)18-20-30(26,27)28/h3-20H2,1-2H3,(H,23,24,25)(H,26,27,28). The van der Waals surface area contributed by atoms with Gasteiger partial charge in [0, 0.05) is 13.1 Å². The molecular weight excluding hydrogens is 428 g/mol. The van der Waals surface area contributed by atoms with Crippen molar-refractivity contribution in [2.75, 3.05) is 50.8 Å². The molecule has 30 heavy (non-hydrogen) atoms. The number of hydrogen-bond donors (Lipinski definition) is 2. The van der Waals surface area contributed by atoms with E-state index >= 15 is 0 Å². The van der Waals surface area contributed by atoms with Gasteiger partial charge in [-0.15, -0.1) is 0 Å². The van der Waals surface area contributed by atoms with E-state index in [0.29, 0.717) is 13.1 Å². The Kier molecular flexibility index (Phi) is 17.2. The molecule has 0 aliphatic rings. The van der Waals surface area contributed by atoms with Crippen LogP contribution in [0.4, 0.5) is 0 Å². The second-order valence-electron chi connectivity index (χ2n) is 8.08. The molecule has 0 aromatic rings. The van der Waals surface area contributed by atoms with Crippen LogP contribution in [0.3, 0.4) is 0 Å². The first-order chi connectivity index (χ1) is 14.1.